The van der Waals surface area contributed by atoms with Crippen molar-refractivity contribution in [2.24, 2.45) is 5.10 Å². The van der Waals surface area contributed by atoms with Crippen LogP contribution in [-0.2, 0) is 0 Å². The zero-order valence-corrected chi connectivity index (χ0v) is 19.1. The van der Waals surface area contributed by atoms with E-state index in [2.05, 4.69) is 43.1 Å². The van der Waals surface area contributed by atoms with Gasteiger partial charge in [0.05, 0.1) is 29.2 Å². The maximum Gasteiger partial charge on any atom is 0.270 e. The van der Waals surface area contributed by atoms with E-state index in [0.717, 1.165) is 15.6 Å². The average Bonchev–Trinajstić information content (AvgIpc) is 2.78. The molecule has 0 atom stereocenters. The number of nitrogens with one attached hydrogen (secondary N) is 2. The molecule has 0 saturated heterocycles. The maximum atomic E-state index is 12.3. The number of hydrazone groups is 1. The molecule has 0 fully saturated rings. The zero-order valence-electron chi connectivity index (χ0n) is 17.0. The van der Waals surface area contributed by atoms with Crippen LogP contribution in [0, 0.1) is 14.9 Å². The molecule has 31 heavy (non-hydrogen) atoms. The minimum absolute atomic E-state index is 0.0531. The van der Waals surface area contributed by atoms with E-state index in [1.165, 1.54) is 0 Å². The first-order chi connectivity index (χ1) is 15.1. The van der Waals surface area contributed by atoms with Gasteiger partial charge in [-0.2, -0.15) is 10.4 Å². The van der Waals surface area contributed by atoms with Crippen LogP contribution in [0.15, 0.2) is 52.4 Å². The molecular formula is C22H20IN5O3. The molecule has 1 aromatic heterocycles. The normalized spacial score (nSPS) is 10.6. The Labute approximate surface area is 193 Å². The minimum atomic E-state index is -0.539. The van der Waals surface area contributed by atoms with Crippen molar-refractivity contribution >= 4 is 34.8 Å². The van der Waals surface area contributed by atoms with Crippen molar-refractivity contribution in [1.29, 1.82) is 5.26 Å². The Morgan fingerprint density at radius 1 is 1.32 bits per heavy atom. The first kappa shape index (κ1) is 22.3. The first-order valence-corrected chi connectivity index (χ1v) is 10.5. The summed E-state index contributed by atoms with van der Waals surface area (Å²) in [7, 11) is 1.58. The van der Waals surface area contributed by atoms with E-state index in [1.54, 1.807) is 25.5 Å². The van der Waals surface area contributed by atoms with Gasteiger partial charge < -0.3 is 9.47 Å². The fourth-order valence-electron chi connectivity index (χ4n) is 2.76. The van der Waals surface area contributed by atoms with Gasteiger partial charge in [0, 0.05) is 5.56 Å². The van der Waals surface area contributed by atoms with Crippen molar-refractivity contribution in [2.45, 2.75) is 13.3 Å². The lowest BCUT2D eigenvalue weighted by Gasteiger charge is -2.12. The van der Waals surface area contributed by atoms with Gasteiger partial charge >= 0.3 is 0 Å². The van der Waals surface area contributed by atoms with E-state index in [1.807, 2.05) is 43.3 Å². The number of ether oxygens (including phenoxy) is 2. The first-order valence-electron chi connectivity index (χ1n) is 9.46. The minimum Gasteiger partial charge on any atom is -0.493 e. The smallest absolute Gasteiger partial charge is 0.270 e. The number of H-pyrrole nitrogens is 1. The molecule has 158 valence electrons. The van der Waals surface area contributed by atoms with E-state index in [0.29, 0.717) is 23.7 Å². The number of methoxy groups -OCH3 is 1. The Morgan fingerprint density at radius 2 is 2.10 bits per heavy atom. The summed E-state index contributed by atoms with van der Waals surface area (Å²) in [6.45, 7) is 2.64. The molecule has 0 saturated carbocycles. The second kappa shape index (κ2) is 10.6. The molecule has 2 N–H and O–H groups in total. The Kier molecular flexibility index (Phi) is 7.61. The van der Waals surface area contributed by atoms with Crippen LogP contribution in [-0.4, -0.2) is 29.9 Å². The standard InChI is InChI=1S/C22H20IN5O3/c1-3-9-31-20-17(23)10-14(11-18(20)30-2)13-25-28-22-26-19(15-7-5-4-6-8-15)16(12-24)21(29)27-22/h4-8,10-11,13H,3,9H2,1-2H3,(H2,26,27,28,29). The molecule has 3 rings (SSSR count). The average molecular weight is 529 g/mol. The quantitative estimate of drug-likeness (QED) is 0.258. The van der Waals surface area contributed by atoms with Crippen molar-refractivity contribution in [2.75, 3.05) is 19.1 Å². The number of hydrogen-bond donors (Lipinski definition) is 2. The SMILES string of the molecule is CCCOc1c(I)cc(C=NNc2nc(-c3ccccc3)c(C#N)c(=O)[nH]2)cc1OC. The van der Waals surface area contributed by atoms with Gasteiger partial charge in [-0.1, -0.05) is 37.3 Å². The molecule has 2 aromatic carbocycles. The monoisotopic (exact) mass is 529 g/mol. The fraction of sp³-hybridized carbons (Fsp3) is 0.182. The summed E-state index contributed by atoms with van der Waals surface area (Å²) in [4.78, 5) is 19.2. The molecular weight excluding hydrogens is 509 g/mol. The van der Waals surface area contributed by atoms with Crippen molar-refractivity contribution < 1.29 is 9.47 Å². The van der Waals surface area contributed by atoms with E-state index < -0.39 is 5.56 Å². The molecule has 8 nitrogen and oxygen atoms in total. The van der Waals surface area contributed by atoms with Crippen molar-refractivity contribution in [3.05, 3.63) is 67.5 Å². The summed E-state index contributed by atoms with van der Waals surface area (Å²) in [5.41, 5.74) is 3.86. The number of nitriles is 1. The second-order valence-corrected chi connectivity index (χ2v) is 7.53. The summed E-state index contributed by atoms with van der Waals surface area (Å²) in [6, 6.07) is 14.7. The van der Waals surface area contributed by atoms with Gasteiger partial charge in [0.25, 0.3) is 5.56 Å². The van der Waals surface area contributed by atoms with Crippen LogP contribution in [0.4, 0.5) is 5.95 Å². The highest BCUT2D eigenvalue weighted by atomic mass is 127. The Hall–Kier alpha value is -3.39. The molecule has 1 heterocycles. The number of aromatic amines is 1. The van der Waals surface area contributed by atoms with Gasteiger partial charge in [0.2, 0.25) is 5.95 Å². The van der Waals surface area contributed by atoms with Gasteiger partial charge in [0.1, 0.15) is 11.6 Å². The van der Waals surface area contributed by atoms with Crippen molar-refractivity contribution in [3.63, 3.8) is 0 Å². The largest absolute Gasteiger partial charge is 0.493 e. The van der Waals surface area contributed by atoms with E-state index >= 15 is 0 Å². The third-order valence-electron chi connectivity index (χ3n) is 4.16. The van der Waals surface area contributed by atoms with Crippen LogP contribution in [0.2, 0.25) is 0 Å². The van der Waals surface area contributed by atoms with Gasteiger partial charge in [-0.15, -0.1) is 0 Å². The molecule has 9 heteroatoms. The predicted molar refractivity (Wildman–Crippen MR) is 128 cm³/mol. The van der Waals surface area contributed by atoms with Gasteiger partial charge in [-0.05, 0) is 46.7 Å². The molecule has 0 aliphatic carbocycles. The number of rotatable bonds is 8. The molecule has 0 aliphatic rings. The molecule has 3 aromatic rings. The molecule has 0 spiro atoms. The molecule has 0 unspecified atom stereocenters. The summed E-state index contributed by atoms with van der Waals surface area (Å²) < 4.78 is 12.1. The van der Waals surface area contributed by atoms with Crippen LogP contribution in [0.3, 0.4) is 0 Å². The lowest BCUT2D eigenvalue weighted by atomic mass is 10.1. The zero-order chi connectivity index (χ0) is 22.2. The van der Waals surface area contributed by atoms with Gasteiger partial charge in [0.15, 0.2) is 11.5 Å². The summed E-state index contributed by atoms with van der Waals surface area (Å²) in [5, 5.41) is 13.5. The molecule has 0 amide bonds. The molecule has 0 aliphatic heterocycles. The highest BCUT2D eigenvalue weighted by Gasteiger charge is 2.13. The number of halogens is 1. The van der Waals surface area contributed by atoms with Gasteiger partial charge in [-0.25, -0.2) is 10.4 Å². The Bertz CT molecular complexity index is 1190. The van der Waals surface area contributed by atoms with Gasteiger partial charge in [-0.3, -0.25) is 9.78 Å². The lowest BCUT2D eigenvalue weighted by Crippen LogP contribution is -2.16. The summed E-state index contributed by atoms with van der Waals surface area (Å²) in [5.74, 6) is 1.43. The van der Waals surface area contributed by atoms with Crippen LogP contribution in [0.1, 0.15) is 24.5 Å². The topological polar surface area (TPSA) is 112 Å². The number of nitrogens with zero attached hydrogens (tertiary/aromatic N) is 3. The highest BCUT2D eigenvalue weighted by Crippen LogP contribution is 2.33. The maximum absolute atomic E-state index is 12.3. The van der Waals surface area contributed by atoms with Crippen LogP contribution < -0.4 is 20.5 Å². The Balaban J connectivity index is 1.86. The number of anilines is 1. The van der Waals surface area contributed by atoms with E-state index in [9.17, 15) is 10.1 Å². The van der Waals surface area contributed by atoms with Crippen molar-refractivity contribution in [3.8, 4) is 28.8 Å². The highest BCUT2D eigenvalue weighted by molar-refractivity contribution is 14.1. The predicted octanol–water partition coefficient (Wildman–Crippen LogP) is 4.16. The number of aromatic nitrogens is 2. The number of hydrogen-bond acceptors (Lipinski definition) is 7. The van der Waals surface area contributed by atoms with E-state index in [-0.39, 0.29) is 17.2 Å². The third kappa shape index (κ3) is 5.40. The lowest BCUT2D eigenvalue weighted by molar-refractivity contribution is 0.292. The van der Waals surface area contributed by atoms with Crippen molar-refractivity contribution in [1.82, 2.24) is 9.97 Å². The van der Waals surface area contributed by atoms with Crippen LogP contribution >= 0.6 is 22.6 Å². The van der Waals surface area contributed by atoms with E-state index in [4.69, 9.17) is 9.47 Å². The van der Waals surface area contributed by atoms with Crippen LogP contribution in [0.5, 0.6) is 11.5 Å². The molecule has 0 bridgehead atoms. The fourth-order valence-corrected chi connectivity index (χ4v) is 3.54. The third-order valence-corrected chi connectivity index (χ3v) is 4.97. The summed E-state index contributed by atoms with van der Waals surface area (Å²) >= 11 is 2.18. The number of benzene rings is 2. The summed E-state index contributed by atoms with van der Waals surface area (Å²) in [6.07, 6.45) is 2.47. The Morgan fingerprint density at radius 3 is 2.77 bits per heavy atom. The second-order valence-electron chi connectivity index (χ2n) is 6.37. The van der Waals surface area contributed by atoms with Crippen LogP contribution in [0.25, 0.3) is 11.3 Å². The molecule has 0 radical (unpaired) electrons.